The summed E-state index contributed by atoms with van der Waals surface area (Å²) in [6, 6.07) is 13.6. The number of carbonyl (C=O) groups excluding carboxylic acids is 2. The smallest absolute Gasteiger partial charge is 0.251 e. The fourth-order valence-electron chi connectivity index (χ4n) is 3.74. The zero-order valence-corrected chi connectivity index (χ0v) is 20.7. The van der Waals surface area contributed by atoms with E-state index in [0.717, 1.165) is 11.1 Å². The van der Waals surface area contributed by atoms with Gasteiger partial charge < -0.3 is 15.4 Å². The summed E-state index contributed by atoms with van der Waals surface area (Å²) in [5, 5.41) is 5.69. The minimum absolute atomic E-state index is 0.133. The Hall–Kier alpha value is -2.75. The minimum Gasteiger partial charge on any atom is -0.379 e. The molecule has 0 aliphatic carbocycles. The van der Waals surface area contributed by atoms with Gasteiger partial charge in [0.05, 0.1) is 19.0 Å². The lowest BCUT2D eigenvalue weighted by molar-refractivity contribution is -0.124. The Morgan fingerprint density at radius 3 is 2.24 bits per heavy atom. The molecule has 0 bridgehead atoms. The molecule has 0 unspecified atom stereocenters. The van der Waals surface area contributed by atoms with E-state index < -0.39 is 16.1 Å². The summed E-state index contributed by atoms with van der Waals surface area (Å²) in [5.41, 5.74) is 2.89. The molecule has 1 heterocycles. The lowest BCUT2D eigenvalue weighted by Crippen LogP contribution is -2.49. The van der Waals surface area contributed by atoms with E-state index in [1.165, 1.54) is 4.31 Å². The zero-order chi connectivity index (χ0) is 24.7. The van der Waals surface area contributed by atoms with E-state index in [4.69, 9.17) is 4.74 Å². The van der Waals surface area contributed by atoms with Crippen LogP contribution in [0.3, 0.4) is 0 Å². The first-order chi connectivity index (χ1) is 16.2. The second kappa shape index (κ2) is 11.6. The number of aryl methyl sites for hydroxylation is 1. The molecule has 2 aromatic carbocycles. The Kier molecular flexibility index (Phi) is 8.82. The highest BCUT2D eigenvalue weighted by Gasteiger charge is 2.27. The number of sulfonamides is 1. The highest BCUT2D eigenvalue weighted by atomic mass is 32.2. The molecule has 1 aliphatic heterocycles. The number of hydrogen-bond acceptors (Lipinski definition) is 5. The Morgan fingerprint density at radius 1 is 1.00 bits per heavy atom. The molecule has 0 spiro atoms. The lowest BCUT2D eigenvalue weighted by Gasteiger charge is -2.26. The Labute approximate surface area is 201 Å². The van der Waals surface area contributed by atoms with Crippen molar-refractivity contribution >= 4 is 21.8 Å². The molecule has 2 aromatic rings. The van der Waals surface area contributed by atoms with E-state index in [2.05, 4.69) is 10.6 Å². The van der Waals surface area contributed by atoms with Crippen LogP contribution in [0.1, 0.15) is 40.9 Å². The van der Waals surface area contributed by atoms with Crippen LogP contribution in [0.25, 0.3) is 0 Å². The Bertz CT molecular complexity index is 1090. The van der Waals surface area contributed by atoms with Gasteiger partial charge in [0, 0.05) is 25.2 Å². The molecule has 1 saturated heterocycles. The van der Waals surface area contributed by atoms with Crippen LogP contribution in [0.4, 0.5) is 0 Å². The predicted octanol–water partition coefficient (Wildman–Crippen LogP) is 2.23. The second-order valence-corrected chi connectivity index (χ2v) is 10.8. The molecule has 0 aromatic heterocycles. The maximum absolute atomic E-state index is 13.0. The van der Waals surface area contributed by atoms with Crippen LogP contribution in [0.2, 0.25) is 0 Å². The van der Waals surface area contributed by atoms with Crippen molar-refractivity contribution in [1.82, 2.24) is 14.9 Å². The zero-order valence-electron chi connectivity index (χ0n) is 19.9. The second-order valence-electron chi connectivity index (χ2n) is 8.82. The van der Waals surface area contributed by atoms with Crippen molar-refractivity contribution in [2.24, 2.45) is 5.92 Å². The van der Waals surface area contributed by atoms with E-state index >= 15 is 0 Å². The molecule has 1 atom stereocenters. The van der Waals surface area contributed by atoms with Gasteiger partial charge in [-0.1, -0.05) is 55.8 Å². The van der Waals surface area contributed by atoms with Crippen LogP contribution in [0.15, 0.2) is 48.5 Å². The number of morpholine rings is 1. The monoisotopic (exact) mass is 487 g/mol. The van der Waals surface area contributed by atoms with Crippen molar-refractivity contribution in [1.29, 1.82) is 0 Å². The van der Waals surface area contributed by atoms with E-state index in [-0.39, 0.29) is 30.0 Å². The highest BCUT2D eigenvalue weighted by Crippen LogP contribution is 2.17. The molecule has 8 nitrogen and oxygen atoms in total. The number of rotatable bonds is 9. The van der Waals surface area contributed by atoms with Crippen LogP contribution < -0.4 is 10.6 Å². The molecule has 0 radical (unpaired) electrons. The normalized spacial score (nSPS) is 15.6. The van der Waals surface area contributed by atoms with Gasteiger partial charge in [0.15, 0.2) is 0 Å². The van der Waals surface area contributed by atoms with Crippen LogP contribution >= 0.6 is 0 Å². The predicted molar refractivity (Wildman–Crippen MR) is 131 cm³/mol. The van der Waals surface area contributed by atoms with Crippen LogP contribution in [0, 0.1) is 12.8 Å². The highest BCUT2D eigenvalue weighted by molar-refractivity contribution is 7.88. The quantitative estimate of drug-likeness (QED) is 0.564. The van der Waals surface area contributed by atoms with Crippen molar-refractivity contribution in [3.8, 4) is 0 Å². The fraction of sp³-hybridized carbons (Fsp3) is 0.440. The number of hydrogen-bond donors (Lipinski definition) is 2. The van der Waals surface area contributed by atoms with E-state index in [1.54, 1.807) is 30.3 Å². The van der Waals surface area contributed by atoms with E-state index in [0.29, 0.717) is 37.4 Å². The van der Waals surface area contributed by atoms with Crippen LogP contribution in [-0.4, -0.2) is 56.9 Å². The van der Waals surface area contributed by atoms with Gasteiger partial charge in [-0.3, -0.25) is 9.59 Å². The lowest BCUT2D eigenvalue weighted by atomic mass is 10.0. The number of ether oxygens (including phenoxy) is 1. The Morgan fingerprint density at radius 2 is 1.62 bits per heavy atom. The summed E-state index contributed by atoms with van der Waals surface area (Å²) in [4.78, 5) is 25.6. The number of nitrogens with one attached hydrogen (secondary N) is 2. The standard InChI is InChI=1S/C25H33N3O5S/c1-18(2)23(27-24(29)20-10-8-19(3)9-11-20)25(30)26-16-21-6-4-5-7-22(21)17-34(31,32)28-12-14-33-15-13-28/h4-11,18,23H,12-17H2,1-3H3,(H,26,30)(H,27,29)/t23-/m1/s1. The molecule has 9 heteroatoms. The van der Waals surface area contributed by atoms with Gasteiger partial charge in [0.1, 0.15) is 6.04 Å². The molecule has 1 aliphatic rings. The molecule has 3 rings (SSSR count). The van der Waals surface area contributed by atoms with Crippen LogP contribution in [-0.2, 0) is 31.9 Å². The molecule has 0 saturated carbocycles. The molecular weight excluding hydrogens is 454 g/mol. The van der Waals surface area contributed by atoms with Gasteiger partial charge in [-0.25, -0.2) is 8.42 Å². The Balaban J connectivity index is 1.65. The van der Waals surface area contributed by atoms with Gasteiger partial charge in [-0.05, 0) is 36.1 Å². The SMILES string of the molecule is Cc1ccc(C(=O)N[C@@H](C(=O)NCc2ccccc2CS(=O)(=O)N2CCOCC2)C(C)C)cc1. The third-order valence-corrected chi connectivity index (χ3v) is 7.65. The molecule has 34 heavy (non-hydrogen) atoms. The van der Waals surface area contributed by atoms with E-state index in [9.17, 15) is 18.0 Å². The average Bonchev–Trinajstić information content (AvgIpc) is 2.82. The van der Waals surface area contributed by atoms with Crippen molar-refractivity contribution in [3.63, 3.8) is 0 Å². The van der Waals surface area contributed by atoms with Crippen molar-refractivity contribution in [2.75, 3.05) is 26.3 Å². The summed E-state index contributed by atoms with van der Waals surface area (Å²) >= 11 is 0. The topological polar surface area (TPSA) is 105 Å². The maximum Gasteiger partial charge on any atom is 0.251 e. The van der Waals surface area contributed by atoms with Crippen molar-refractivity contribution in [3.05, 3.63) is 70.8 Å². The molecular formula is C25H33N3O5S. The summed E-state index contributed by atoms with van der Waals surface area (Å²) in [6.45, 7) is 7.30. The summed E-state index contributed by atoms with van der Waals surface area (Å²) in [5.74, 6) is -0.907. The van der Waals surface area contributed by atoms with Gasteiger partial charge in [-0.2, -0.15) is 4.31 Å². The first kappa shape index (κ1) is 25.9. The first-order valence-electron chi connectivity index (χ1n) is 11.4. The molecule has 1 fully saturated rings. The molecule has 184 valence electrons. The number of amides is 2. The van der Waals surface area contributed by atoms with Gasteiger partial charge in [0.2, 0.25) is 15.9 Å². The number of nitrogens with zero attached hydrogens (tertiary/aromatic N) is 1. The first-order valence-corrected chi connectivity index (χ1v) is 13.1. The fourth-order valence-corrected chi connectivity index (χ4v) is 5.30. The number of carbonyl (C=O) groups is 2. The maximum atomic E-state index is 13.0. The van der Waals surface area contributed by atoms with Gasteiger partial charge in [-0.15, -0.1) is 0 Å². The molecule has 2 N–H and O–H groups in total. The van der Waals surface area contributed by atoms with Crippen molar-refractivity contribution < 1.29 is 22.7 Å². The van der Waals surface area contributed by atoms with Gasteiger partial charge in [0.25, 0.3) is 5.91 Å². The third-order valence-electron chi connectivity index (χ3n) is 5.82. The summed E-state index contributed by atoms with van der Waals surface area (Å²) in [6.07, 6.45) is 0. The minimum atomic E-state index is -3.49. The van der Waals surface area contributed by atoms with Crippen molar-refractivity contribution in [2.45, 2.75) is 39.1 Å². The van der Waals surface area contributed by atoms with Crippen LogP contribution in [0.5, 0.6) is 0 Å². The largest absolute Gasteiger partial charge is 0.379 e. The number of benzene rings is 2. The molecule has 2 amide bonds. The van der Waals surface area contributed by atoms with Gasteiger partial charge >= 0.3 is 0 Å². The average molecular weight is 488 g/mol. The summed E-state index contributed by atoms with van der Waals surface area (Å²) < 4.78 is 32.4. The summed E-state index contributed by atoms with van der Waals surface area (Å²) in [7, 11) is -3.49. The van der Waals surface area contributed by atoms with E-state index in [1.807, 2.05) is 39.0 Å². The third kappa shape index (κ3) is 6.88.